The number of allylic oxidation sites excluding steroid dienone is 4. The maximum atomic E-state index is 17.5. The predicted octanol–water partition coefficient (Wildman–Crippen LogP) is 5.05. The van der Waals surface area contributed by atoms with Crippen molar-refractivity contribution in [2.75, 3.05) is 12.3 Å². The molecule has 9 heteroatoms. The molecule has 240 valence electrons. The fourth-order valence-corrected chi connectivity index (χ4v) is 9.22. The number of carbonyl (C=O) groups is 2. The lowest BCUT2D eigenvalue weighted by Crippen LogP contribution is -2.70. The SMILES string of the molecule is C[C@@H](c1ccc(N)cc1)c1ccc([C@H](O)O[C@]2(C(=O)CO)CCC3[C@@H]4C[C@H](F)C5=CC(=O)C=C[C@]5(C)[C@@]4(F)[C@@H](O)C[C@@]32C)cc1. The molecule has 5 N–H and O–H groups in total. The molecule has 4 aliphatic rings. The maximum absolute atomic E-state index is 17.5. The average molecular weight is 622 g/mol. The van der Waals surface area contributed by atoms with Gasteiger partial charge in [0.15, 0.2) is 23.5 Å². The van der Waals surface area contributed by atoms with E-state index >= 15 is 8.78 Å². The zero-order valence-electron chi connectivity index (χ0n) is 25.8. The van der Waals surface area contributed by atoms with Crippen LogP contribution in [0.25, 0.3) is 0 Å². The lowest BCUT2D eigenvalue weighted by molar-refractivity contribution is -0.260. The Morgan fingerprint density at radius 2 is 1.67 bits per heavy atom. The van der Waals surface area contributed by atoms with Crippen LogP contribution in [0.1, 0.15) is 75.4 Å². The summed E-state index contributed by atoms with van der Waals surface area (Å²) in [7, 11) is 0. The molecule has 6 rings (SSSR count). The third kappa shape index (κ3) is 4.49. The van der Waals surface area contributed by atoms with Gasteiger partial charge in [-0.2, -0.15) is 0 Å². The molecule has 0 aliphatic heterocycles. The van der Waals surface area contributed by atoms with E-state index in [9.17, 15) is 24.9 Å². The number of nitrogens with two attached hydrogens (primary N) is 1. The van der Waals surface area contributed by atoms with Gasteiger partial charge in [0.2, 0.25) is 0 Å². The van der Waals surface area contributed by atoms with Gasteiger partial charge in [0.25, 0.3) is 0 Å². The Morgan fingerprint density at radius 3 is 2.29 bits per heavy atom. The van der Waals surface area contributed by atoms with Crippen LogP contribution in [0.15, 0.2) is 72.3 Å². The summed E-state index contributed by atoms with van der Waals surface area (Å²) in [6, 6.07) is 14.7. The number of hydrogen-bond donors (Lipinski definition) is 4. The van der Waals surface area contributed by atoms with E-state index in [1.807, 2.05) is 36.4 Å². The number of hydrogen-bond acceptors (Lipinski definition) is 7. The normalized spacial score (nSPS) is 38.5. The van der Waals surface area contributed by atoms with Gasteiger partial charge in [0.05, 0.1) is 6.10 Å². The first-order valence-corrected chi connectivity index (χ1v) is 15.6. The molecular formula is C36H41F2NO6. The summed E-state index contributed by atoms with van der Waals surface area (Å²) in [4.78, 5) is 25.7. The van der Waals surface area contributed by atoms with Gasteiger partial charge in [-0.05, 0) is 79.5 Å². The summed E-state index contributed by atoms with van der Waals surface area (Å²) >= 11 is 0. The molecule has 0 aromatic heterocycles. The largest absolute Gasteiger partial charge is 0.399 e. The summed E-state index contributed by atoms with van der Waals surface area (Å²) in [5.74, 6) is -2.68. The molecular weight excluding hydrogens is 580 g/mol. The van der Waals surface area contributed by atoms with E-state index in [2.05, 4.69) is 6.92 Å². The first kappa shape index (κ1) is 31.7. The van der Waals surface area contributed by atoms with Crippen LogP contribution in [0.4, 0.5) is 14.5 Å². The first-order chi connectivity index (χ1) is 21.2. The highest BCUT2D eigenvalue weighted by Gasteiger charge is 2.76. The Morgan fingerprint density at radius 1 is 1.07 bits per heavy atom. The molecule has 0 radical (unpaired) electrons. The van der Waals surface area contributed by atoms with Gasteiger partial charge in [-0.1, -0.05) is 56.3 Å². The molecule has 3 saturated carbocycles. The zero-order chi connectivity index (χ0) is 32.5. The lowest BCUT2D eigenvalue weighted by atomic mass is 9.44. The third-order valence-corrected chi connectivity index (χ3v) is 11.8. The van der Waals surface area contributed by atoms with Crippen molar-refractivity contribution < 1.29 is 38.4 Å². The Bertz CT molecular complexity index is 1560. The fraction of sp³-hybridized carbons (Fsp3) is 0.500. The minimum Gasteiger partial charge on any atom is -0.399 e. The van der Waals surface area contributed by atoms with Gasteiger partial charge in [-0.15, -0.1) is 0 Å². The lowest BCUT2D eigenvalue weighted by Gasteiger charge is -2.63. The monoisotopic (exact) mass is 621 g/mol. The number of Topliss-reactive ketones (excluding diaryl/α,β-unsaturated/α-hetero) is 1. The van der Waals surface area contributed by atoms with Crippen LogP contribution in [0.2, 0.25) is 0 Å². The summed E-state index contributed by atoms with van der Waals surface area (Å²) in [5, 5.41) is 33.1. The average Bonchev–Trinajstić information content (AvgIpc) is 3.31. The van der Waals surface area contributed by atoms with Gasteiger partial charge < -0.3 is 25.8 Å². The molecule has 2 aromatic rings. The fourth-order valence-electron chi connectivity index (χ4n) is 9.22. The predicted molar refractivity (Wildman–Crippen MR) is 164 cm³/mol. The van der Waals surface area contributed by atoms with Crippen molar-refractivity contribution in [3.63, 3.8) is 0 Å². The van der Waals surface area contributed by atoms with E-state index in [0.717, 1.165) is 17.2 Å². The van der Waals surface area contributed by atoms with Gasteiger partial charge in [-0.3, -0.25) is 9.59 Å². The van der Waals surface area contributed by atoms with Gasteiger partial charge >= 0.3 is 0 Å². The van der Waals surface area contributed by atoms with Crippen LogP contribution in [0.3, 0.4) is 0 Å². The van der Waals surface area contributed by atoms with E-state index in [0.29, 0.717) is 11.3 Å². The molecule has 0 heterocycles. The van der Waals surface area contributed by atoms with Crippen LogP contribution in [0, 0.1) is 22.7 Å². The van der Waals surface area contributed by atoms with Crippen molar-refractivity contribution in [1.82, 2.24) is 0 Å². The van der Waals surface area contributed by atoms with Crippen LogP contribution in [-0.2, 0) is 14.3 Å². The van der Waals surface area contributed by atoms with E-state index in [1.54, 1.807) is 19.1 Å². The third-order valence-electron chi connectivity index (χ3n) is 11.8. The topological polar surface area (TPSA) is 130 Å². The van der Waals surface area contributed by atoms with E-state index in [-0.39, 0.29) is 37.2 Å². The van der Waals surface area contributed by atoms with Crippen LogP contribution in [-0.4, -0.2) is 57.0 Å². The molecule has 7 nitrogen and oxygen atoms in total. The quantitative estimate of drug-likeness (QED) is 0.252. The summed E-state index contributed by atoms with van der Waals surface area (Å²) in [6.07, 6.45) is -1.26. The Balaban J connectivity index is 1.31. The van der Waals surface area contributed by atoms with Crippen LogP contribution in [0.5, 0.6) is 0 Å². The number of aliphatic hydroxyl groups excluding tert-OH is 3. The van der Waals surface area contributed by atoms with Crippen molar-refractivity contribution in [3.8, 4) is 0 Å². The van der Waals surface area contributed by atoms with E-state index in [4.69, 9.17) is 10.5 Å². The van der Waals surface area contributed by atoms with Crippen molar-refractivity contribution in [1.29, 1.82) is 0 Å². The highest BCUT2D eigenvalue weighted by atomic mass is 19.1. The van der Waals surface area contributed by atoms with Gasteiger partial charge in [-0.25, -0.2) is 8.78 Å². The Kier molecular flexibility index (Phi) is 7.71. The molecule has 45 heavy (non-hydrogen) atoms. The van der Waals surface area contributed by atoms with Crippen molar-refractivity contribution in [2.45, 2.75) is 82.2 Å². The summed E-state index contributed by atoms with van der Waals surface area (Å²) in [6.45, 7) is 4.40. The van der Waals surface area contributed by atoms with Crippen LogP contribution < -0.4 is 5.73 Å². The standard InChI is InChI=1S/C36H41F2NO6/c1-20(22-8-10-24(39)11-9-22)21-4-6-23(7-5-21)32(44)45-35(31(43)19-40)15-13-26-27-17-29(37)28-16-25(41)12-14-33(28,2)36(27,38)30(42)18-34(26,35)3/h4-12,14,16,20,26-27,29-30,32,40,42,44H,13,15,17-19,39H2,1-3H3/t20-,26?,27+,29+,30+,32-,33+,34+,35+,36+/m1/s1. The summed E-state index contributed by atoms with van der Waals surface area (Å²) in [5.41, 5.74) is 2.09. The number of ether oxygens (including phenoxy) is 1. The number of fused-ring (bicyclic) bond motifs is 5. The number of halogens is 2. The molecule has 3 fully saturated rings. The molecule has 1 unspecified atom stereocenters. The minimum atomic E-state index is -2.31. The number of ketones is 2. The van der Waals surface area contributed by atoms with Crippen LogP contribution >= 0.6 is 0 Å². The molecule has 4 aliphatic carbocycles. The van der Waals surface area contributed by atoms with Crippen molar-refractivity contribution in [3.05, 3.63) is 89.0 Å². The smallest absolute Gasteiger partial charge is 0.190 e. The number of aliphatic hydroxyl groups is 3. The number of rotatable bonds is 7. The van der Waals surface area contributed by atoms with Gasteiger partial charge in [0, 0.05) is 33.9 Å². The van der Waals surface area contributed by atoms with E-state index < -0.39 is 70.7 Å². The maximum Gasteiger partial charge on any atom is 0.190 e. The first-order valence-electron chi connectivity index (χ1n) is 15.6. The zero-order valence-corrected chi connectivity index (χ0v) is 25.8. The Hall–Kier alpha value is -3.24. The van der Waals surface area contributed by atoms with Crippen molar-refractivity contribution in [2.24, 2.45) is 22.7 Å². The highest BCUT2D eigenvalue weighted by Crippen LogP contribution is 2.71. The molecule has 0 spiro atoms. The highest BCUT2D eigenvalue weighted by molar-refractivity contribution is 6.01. The van der Waals surface area contributed by atoms with Gasteiger partial charge in [0.1, 0.15) is 18.4 Å². The number of alkyl halides is 2. The number of carbonyl (C=O) groups excluding carboxylic acids is 2. The molecule has 2 aromatic carbocycles. The molecule has 0 amide bonds. The Labute approximate surface area is 261 Å². The summed E-state index contributed by atoms with van der Waals surface area (Å²) < 4.78 is 39.5. The number of nitrogen functional groups attached to an aromatic ring is 1. The second-order valence-corrected chi connectivity index (χ2v) is 13.8. The van der Waals surface area contributed by atoms with Crippen molar-refractivity contribution >= 4 is 17.3 Å². The minimum absolute atomic E-state index is 0.0212. The molecule has 10 atom stereocenters. The second-order valence-electron chi connectivity index (χ2n) is 13.8. The van der Waals surface area contributed by atoms with E-state index in [1.165, 1.54) is 19.1 Å². The number of anilines is 1. The number of benzene rings is 2. The molecule has 0 bridgehead atoms. The second kappa shape index (κ2) is 10.9. The molecule has 0 saturated heterocycles.